The van der Waals surface area contributed by atoms with Gasteiger partial charge in [-0.3, -0.25) is 4.79 Å². The number of halogens is 3. The van der Waals surface area contributed by atoms with Crippen molar-refractivity contribution in [1.82, 2.24) is 4.98 Å². The van der Waals surface area contributed by atoms with Crippen LogP contribution in [0.2, 0.25) is 0 Å². The number of H-pyrrole nitrogens is 1. The highest BCUT2D eigenvalue weighted by Crippen LogP contribution is 2.36. The first-order valence-corrected chi connectivity index (χ1v) is 7.07. The third kappa shape index (κ3) is 3.32. The first-order chi connectivity index (χ1) is 11.8. The van der Waals surface area contributed by atoms with Crippen LogP contribution >= 0.6 is 0 Å². The standard InChI is InChI=1S/C17H11F3N2O3/c18-17(19,20)13-4-2-1-3-11(13)14-7-9-5-6-10(21-16(24)25)8-12(9)15(23)22-14/h1-8,21H,(H,22,23)(H,24,25)/p-1. The number of carbonyl (C=O) groups excluding carboxylic acids is 1. The molecule has 3 rings (SSSR count). The Kier molecular flexibility index (Phi) is 3.96. The van der Waals surface area contributed by atoms with Gasteiger partial charge < -0.3 is 20.2 Å². The molecule has 0 spiro atoms. The molecule has 0 aliphatic rings. The van der Waals surface area contributed by atoms with Gasteiger partial charge in [-0.1, -0.05) is 24.3 Å². The fourth-order valence-electron chi connectivity index (χ4n) is 2.57. The lowest BCUT2D eigenvalue weighted by Gasteiger charge is -2.13. The van der Waals surface area contributed by atoms with E-state index in [4.69, 9.17) is 0 Å². The van der Waals surface area contributed by atoms with Crippen molar-refractivity contribution in [1.29, 1.82) is 0 Å². The normalized spacial score (nSPS) is 11.5. The Morgan fingerprint density at radius 2 is 1.80 bits per heavy atom. The van der Waals surface area contributed by atoms with E-state index in [1.807, 2.05) is 5.32 Å². The lowest BCUT2D eigenvalue weighted by Crippen LogP contribution is -2.28. The van der Waals surface area contributed by atoms with Gasteiger partial charge in [0.2, 0.25) is 0 Å². The minimum Gasteiger partial charge on any atom is -0.530 e. The molecule has 0 atom stereocenters. The number of hydrogen-bond acceptors (Lipinski definition) is 3. The van der Waals surface area contributed by atoms with Crippen molar-refractivity contribution in [2.75, 3.05) is 5.32 Å². The monoisotopic (exact) mass is 347 g/mol. The first-order valence-electron chi connectivity index (χ1n) is 7.07. The van der Waals surface area contributed by atoms with Crippen molar-refractivity contribution in [2.45, 2.75) is 6.18 Å². The summed E-state index contributed by atoms with van der Waals surface area (Å²) in [6.07, 6.45) is -6.10. The summed E-state index contributed by atoms with van der Waals surface area (Å²) in [6, 6.07) is 10.4. The number of carboxylic acid groups (broad SMARTS) is 1. The molecule has 0 saturated carbocycles. The molecule has 5 nitrogen and oxygen atoms in total. The Balaban J connectivity index is 2.18. The Hall–Kier alpha value is -3.29. The number of aromatic amines is 1. The van der Waals surface area contributed by atoms with Crippen LogP contribution in [0.3, 0.4) is 0 Å². The molecule has 1 heterocycles. The number of anilines is 1. The lowest BCUT2D eigenvalue weighted by atomic mass is 10.0. The summed E-state index contributed by atoms with van der Waals surface area (Å²) in [5.41, 5.74) is -1.50. The number of pyridine rings is 1. The van der Waals surface area contributed by atoms with E-state index >= 15 is 0 Å². The molecular weight excluding hydrogens is 337 g/mol. The maximum Gasteiger partial charge on any atom is 0.417 e. The fraction of sp³-hybridized carbons (Fsp3) is 0.0588. The van der Waals surface area contributed by atoms with E-state index < -0.39 is 23.4 Å². The largest absolute Gasteiger partial charge is 0.530 e. The van der Waals surface area contributed by atoms with Crippen LogP contribution in [0, 0.1) is 0 Å². The molecule has 0 unspecified atom stereocenters. The quantitative estimate of drug-likeness (QED) is 0.747. The molecule has 8 heteroatoms. The molecule has 0 aliphatic carbocycles. The summed E-state index contributed by atoms with van der Waals surface area (Å²) in [7, 11) is 0. The van der Waals surface area contributed by atoms with Crippen LogP contribution in [0.15, 0.2) is 53.3 Å². The number of alkyl halides is 3. The second-order valence-electron chi connectivity index (χ2n) is 5.27. The molecule has 0 bridgehead atoms. The van der Waals surface area contributed by atoms with Crippen molar-refractivity contribution in [3.63, 3.8) is 0 Å². The first kappa shape index (κ1) is 16.6. The summed E-state index contributed by atoms with van der Waals surface area (Å²) in [5, 5.41) is 13.1. The topological polar surface area (TPSA) is 85.0 Å². The molecule has 0 fully saturated rings. The van der Waals surface area contributed by atoms with Gasteiger partial charge in [-0.05, 0) is 29.7 Å². The Morgan fingerprint density at radius 1 is 1.08 bits per heavy atom. The highest BCUT2D eigenvalue weighted by Gasteiger charge is 2.33. The number of amides is 1. The lowest BCUT2D eigenvalue weighted by molar-refractivity contribution is -0.242. The van der Waals surface area contributed by atoms with Crippen molar-refractivity contribution < 1.29 is 23.1 Å². The van der Waals surface area contributed by atoms with E-state index in [9.17, 15) is 27.9 Å². The Labute approximate surface area is 138 Å². The second-order valence-corrected chi connectivity index (χ2v) is 5.27. The number of rotatable bonds is 2. The molecule has 1 aromatic heterocycles. The Morgan fingerprint density at radius 3 is 2.48 bits per heavy atom. The predicted molar refractivity (Wildman–Crippen MR) is 84.0 cm³/mol. The third-order valence-corrected chi connectivity index (χ3v) is 3.61. The molecule has 3 aromatic rings. The van der Waals surface area contributed by atoms with Gasteiger partial charge in [0.25, 0.3) is 5.56 Å². The SMILES string of the molecule is O=C([O-])Nc1ccc2cc(-c3ccccc3C(F)(F)F)[nH]c(=O)c2c1. The summed E-state index contributed by atoms with van der Waals surface area (Å²) in [4.78, 5) is 25.2. The molecule has 1 amide bonds. The highest BCUT2D eigenvalue weighted by atomic mass is 19.4. The number of hydrogen-bond donors (Lipinski definition) is 2. The maximum atomic E-state index is 13.2. The molecule has 0 radical (unpaired) electrons. The summed E-state index contributed by atoms with van der Waals surface area (Å²) in [5.74, 6) is 0. The molecular formula is C17H10F3N2O3-. The van der Waals surface area contributed by atoms with Crippen molar-refractivity contribution >= 4 is 22.6 Å². The number of carbonyl (C=O) groups is 1. The van der Waals surface area contributed by atoms with Crippen molar-refractivity contribution in [2.24, 2.45) is 0 Å². The smallest absolute Gasteiger partial charge is 0.417 e. The molecule has 128 valence electrons. The zero-order chi connectivity index (χ0) is 18.2. The summed E-state index contributed by atoms with van der Waals surface area (Å²) < 4.78 is 39.5. The number of nitrogens with one attached hydrogen (secondary N) is 2. The van der Waals surface area contributed by atoms with Gasteiger partial charge in [0.15, 0.2) is 0 Å². The van der Waals surface area contributed by atoms with E-state index in [-0.39, 0.29) is 22.3 Å². The van der Waals surface area contributed by atoms with Crippen LogP contribution in [-0.4, -0.2) is 11.1 Å². The third-order valence-electron chi connectivity index (χ3n) is 3.61. The molecule has 25 heavy (non-hydrogen) atoms. The Bertz CT molecular complexity index is 1030. The average molecular weight is 347 g/mol. The van der Waals surface area contributed by atoms with E-state index in [1.54, 1.807) is 0 Å². The van der Waals surface area contributed by atoms with Crippen LogP contribution in [0.1, 0.15) is 5.56 Å². The van der Waals surface area contributed by atoms with E-state index in [2.05, 4.69) is 4.98 Å². The van der Waals surface area contributed by atoms with E-state index in [0.29, 0.717) is 5.39 Å². The fourth-order valence-corrected chi connectivity index (χ4v) is 2.57. The molecule has 2 aromatic carbocycles. The number of benzene rings is 2. The van der Waals surface area contributed by atoms with Crippen molar-refractivity contribution in [3.8, 4) is 11.3 Å². The average Bonchev–Trinajstić information content (AvgIpc) is 2.54. The predicted octanol–water partition coefficient (Wildman–Crippen LogP) is 2.97. The summed E-state index contributed by atoms with van der Waals surface area (Å²) >= 11 is 0. The minimum atomic E-state index is -4.56. The van der Waals surface area contributed by atoms with Gasteiger partial charge in [0.05, 0.1) is 5.56 Å². The zero-order valence-corrected chi connectivity index (χ0v) is 12.5. The van der Waals surface area contributed by atoms with Gasteiger partial charge in [-0.25, -0.2) is 0 Å². The maximum absolute atomic E-state index is 13.2. The van der Waals surface area contributed by atoms with Gasteiger partial charge in [0, 0.05) is 22.3 Å². The molecule has 0 aliphatic heterocycles. The zero-order valence-electron chi connectivity index (χ0n) is 12.5. The van der Waals surface area contributed by atoms with Crippen LogP contribution < -0.4 is 16.0 Å². The number of aromatic nitrogens is 1. The van der Waals surface area contributed by atoms with E-state index in [0.717, 1.165) is 6.07 Å². The van der Waals surface area contributed by atoms with Gasteiger partial charge in [-0.2, -0.15) is 13.2 Å². The van der Waals surface area contributed by atoms with Crippen molar-refractivity contribution in [3.05, 3.63) is 64.4 Å². The van der Waals surface area contributed by atoms with Crippen LogP contribution in [-0.2, 0) is 6.18 Å². The minimum absolute atomic E-state index is 0.0195. The number of fused-ring (bicyclic) bond motifs is 1. The molecule has 0 saturated heterocycles. The second kappa shape index (κ2) is 5.97. The van der Waals surface area contributed by atoms with Gasteiger partial charge in [0.1, 0.15) is 6.09 Å². The van der Waals surface area contributed by atoms with Crippen LogP contribution in [0.4, 0.5) is 23.7 Å². The van der Waals surface area contributed by atoms with E-state index in [1.165, 1.54) is 42.5 Å². The highest BCUT2D eigenvalue weighted by molar-refractivity contribution is 5.91. The van der Waals surface area contributed by atoms with Gasteiger partial charge in [-0.15, -0.1) is 0 Å². The molecule has 2 N–H and O–H groups in total. The van der Waals surface area contributed by atoms with Crippen LogP contribution in [0.25, 0.3) is 22.0 Å². The van der Waals surface area contributed by atoms with Crippen LogP contribution in [0.5, 0.6) is 0 Å². The summed E-state index contributed by atoms with van der Waals surface area (Å²) in [6.45, 7) is 0. The van der Waals surface area contributed by atoms with Gasteiger partial charge >= 0.3 is 6.18 Å².